The van der Waals surface area contributed by atoms with E-state index in [4.69, 9.17) is 11.6 Å². The van der Waals surface area contributed by atoms with Crippen molar-refractivity contribution in [2.45, 2.75) is 63.6 Å². The van der Waals surface area contributed by atoms with Crippen molar-refractivity contribution in [3.63, 3.8) is 0 Å². The lowest BCUT2D eigenvalue weighted by Gasteiger charge is -2.45. The largest absolute Gasteiger partial charge is 0.338 e. The highest BCUT2D eigenvalue weighted by Crippen LogP contribution is 2.31. The van der Waals surface area contributed by atoms with Crippen molar-refractivity contribution < 1.29 is 4.79 Å². The number of aryl methyl sites for hydroxylation is 1. The Bertz CT molecular complexity index is 792. The number of hydrogen-bond acceptors (Lipinski definition) is 2. The van der Waals surface area contributed by atoms with Gasteiger partial charge >= 0.3 is 0 Å². The Morgan fingerprint density at radius 3 is 2.41 bits per heavy atom. The monoisotopic (exact) mass is 410 g/mol. The molecule has 0 spiro atoms. The van der Waals surface area contributed by atoms with Crippen LogP contribution < -0.4 is 0 Å². The van der Waals surface area contributed by atoms with Crippen LogP contribution in [-0.4, -0.2) is 40.9 Å². The van der Waals surface area contributed by atoms with Crippen molar-refractivity contribution in [2.24, 2.45) is 0 Å². The number of likely N-dealkylation sites (tertiary alicyclic amines) is 2. The third-order valence-electron chi connectivity index (χ3n) is 6.50. The van der Waals surface area contributed by atoms with Gasteiger partial charge in [-0.3, -0.25) is 9.69 Å². The maximum absolute atomic E-state index is 13.1. The van der Waals surface area contributed by atoms with Crippen LogP contribution in [0.3, 0.4) is 0 Å². The average Bonchev–Trinajstić information content (AvgIpc) is 2.96. The third kappa shape index (κ3) is 5.21. The zero-order valence-electron chi connectivity index (χ0n) is 17.1. The van der Waals surface area contributed by atoms with E-state index < -0.39 is 0 Å². The van der Waals surface area contributed by atoms with Gasteiger partial charge in [0.25, 0.3) is 0 Å². The highest BCUT2D eigenvalue weighted by atomic mass is 35.5. The quantitative estimate of drug-likeness (QED) is 0.666. The van der Waals surface area contributed by atoms with E-state index in [0.29, 0.717) is 24.4 Å². The molecule has 29 heavy (non-hydrogen) atoms. The van der Waals surface area contributed by atoms with Crippen LogP contribution in [0.25, 0.3) is 0 Å². The van der Waals surface area contributed by atoms with Gasteiger partial charge in [-0.1, -0.05) is 60.5 Å². The summed E-state index contributed by atoms with van der Waals surface area (Å²) in [5.41, 5.74) is 2.56. The number of piperidine rings is 1. The number of fused-ring (bicyclic) bond motifs is 1. The normalized spacial score (nSPS) is 22.7. The second-order valence-corrected chi connectivity index (χ2v) is 8.88. The molecule has 0 aromatic heterocycles. The van der Waals surface area contributed by atoms with Crippen LogP contribution in [0.2, 0.25) is 5.02 Å². The van der Waals surface area contributed by atoms with Crippen LogP contribution in [0.4, 0.5) is 0 Å². The van der Waals surface area contributed by atoms with Gasteiger partial charge < -0.3 is 4.90 Å². The summed E-state index contributed by atoms with van der Waals surface area (Å²) in [5.74, 6) is 0.330. The van der Waals surface area contributed by atoms with Crippen molar-refractivity contribution in [3.8, 4) is 0 Å². The summed E-state index contributed by atoms with van der Waals surface area (Å²) in [6.45, 7) is 2.99. The van der Waals surface area contributed by atoms with Crippen LogP contribution in [0.1, 0.15) is 49.7 Å². The summed E-state index contributed by atoms with van der Waals surface area (Å²) in [6, 6.07) is 19.4. The second-order valence-electron chi connectivity index (χ2n) is 8.44. The molecule has 0 aliphatic carbocycles. The molecule has 0 unspecified atom stereocenters. The van der Waals surface area contributed by atoms with Gasteiger partial charge in [-0.05, 0) is 61.9 Å². The minimum absolute atomic E-state index is 0.330. The maximum Gasteiger partial charge on any atom is 0.223 e. The number of amides is 1. The van der Waals surface area contributed by atoms with Gasteiger partial charge in [0.1, 0.15) is 0 Å². The summed E-state index contributed by atoms with van der Waals surface area (Å²) < 4.78 is 0. The van der Waals surface area contributed by atoms with E-state index in [9.17, 15) is 4.79 Å². The fourth-order valence-corrected chi connectivity index (χ4v) is 5.14. The van der Waals surface area contributed by atoms with E-state index in [1.807, 2.05) is 18.2 Å². The van der Waals surface area contributed by atoms with E-state index in [2.05, 4.69) is 46.2 Å². The van der Waals surface area contributed by atoms with Crippen molar-refractivity contribution >= 4 is 17.5 Å². The van der Waals surface area contributed by atoms with Crippen LogP contribution in [0.15, 0.2) is 54.6 Å². The molecule has 0 radical (unpaired) electrons. The number of carbonyl (C=O) groups is 1. The average molecular weight is 411 g/mol. The second kappa shape index (κ2) is 9.77. The van der Waals surface area contributed by atoms with E-state index in [1.54, 1.807) is 0 Å². The summed E-state index contributed by atoms with van der Waals surface area (Å²) >= 11 is 6.06. The molecule has 0 N–H and O–H groups in total. The Kier molecular flexibility index (Phi) is 6.89. The molecular formula is C25H31ClN2O. The van der Waals surface area contributed by atoms with Crippen molar-refractivity contribution in [3.05, 3.63) is 70.7 Å². The van der Waals surface area contributed by atoms with Crippen molar-refractivity contribution in [2.75, 3.05) is 13.1 Å². The predicted molar refractivity (Wildman–Crippen MR) is 119 cm³/mol. The molecule has 2 fully saturated rings. The molecule has 4 heteroatoms. The Morgan fingerprint density at radius 1 is 0.862 bits per heavy atom. The Morgan fingerprint density at radius 2 is 1.62 bits per heavy atom. The molecule has 3 nitrogen and oxygen atoms in total. The van der Waals surface area contributed by atoms with Gasteiger partial charge in [0.15, 0.2) is 0 Å². The SMILES string of the molecule is O=C(CCc1ccccc1)N1CCC[C@@H]2[C@H]1CCCCN2Cc1ccc(Cl)cc1. The van der Waals surface area contributed by atoms with E-state index in [0.717, 1.165) is 43.9 Å². The molecule has 2 heterocycles. The highest BCUT2D eigenvalue weighted by Gasteiger charge is 2.38. The smallest absolute Gasteiger partial charge is 0.223 e. The fraction of sp³-hybridized carbons (Fsp3) is 0.480. The fourth-order valence-electron chi connectivity index (χ4n) is 5.01. The first-order valence-corrected chi connectivity index (χ1v) is 11.4. The molecule has 2 aromatic carbocycles. The van der Waals surface area contributed by atoms with Crippen LogP contribution in [0, 0.1) is 0 Å². The van der Waals surface area contributed by atoms with E-state index >= 15 is 0 Å². The van der Waals surface area contributed by atoms with Gasteiger partial charge in [-0.15, -0.1) is 0 Å². The minimum Gasteiger partial charge on any atom is -0.338 e. The number of halogens is 1. The first-order chi connectivity index (χ1) is 14.2. The van der Waals surface area contributed by atoms with E-state index in [1.165, 1.54) is 30.4 Å². The molecular weight excluding hydrogens is 380 g/mol. The standard InChI is InChI=1S/C25H31ClN2O/c26-22-14-11-21(12-15-22)19-27-17-5-4-9-24-23(27)10-6-18-28(24)25(29)16-13-20-7-2-1-3-8-20/h1-3,7-8,11-12,14-15,23-24H,4-6,9-10,13,16-19H2/t23-,24-/m1/s1. The zero-order valence-corrected chi connectivity index (χ0v) is 17.9. The first kappa shape index (κ1) is 20.4. The van der Waals surface area contributed by atoms with Crippen LogP contribution >= 0.6 is 11.6 Å². The number of nitrogens with zero attached hydrogens (tertiary/aromatic N) is 2. The maximum atomic E-state index is 13.1. The minimum atomic E-state index is 0.330. The number of benzene rings is 2. The van der Waals surface area contributed by atoms with Crippen molar-refractivity contribution in [1.29, 1.82) is 0 Å². The first-order valence-electron chi connectivity index (χ1n) is 11.0. The number of hydrogen-bond donors (Lipinski definition) is 0. The molecule has 2 aliphatic rings. The third-order valence-corrected chi connectivity index (χ3v) is 6.75. The summed E-state index contributed by atoms with van der Waals surface area (Å²) in [5, 5.41) is 0.787. The Labute approximate surface area is 179 Å². The molecule has 1 amide bonds. The van der Waals surface area contributed by atoms with Gasteiger partial charge in [0, 0.05) is 36.6 Å². The molecule has 2 atom stereocenters. The highest BCUT2D eigenvalue weighted by molar-refractivity contribution is 6.30. The van der Waals surface area contributed by atoms with Crippen molar-refractivity contribution in [1.82, 2.24) is 9.80 Å². The molecule has 2 aliphatic heterocycles. The molecule has 0 saturated carbocycles. The topological polar surface area (TPSA) is 23.6 Å². The zero-order chi connectivity index (χ0) is 20.1. The lowest BCUT2D eigenvalue weighted by Crippen LogP contribution is -2.56. The van der Waals surface area contributed by atoms with Gasteiger partial charge in [0.05, 0.1) is 0 Å². The van der Waals surface area contributed by atoms with Crippen LogP contribution in [-0.2, 0) is 17.8 Å². The summed E-state index contributed by atoms with van der Waals surface area (Å²) in [7, 11) is 0. The number of rotatable bonds is 5. The van der Waals surface area contributed by atoms with Gasteiger partial charge in [0.2, 0.25) is 5.91 Å². The molecule has 2 saturated heterocycles. The molecule has 2 aromatic rings. The Balaban J connectivity index is 1.43. The molecule has 4 rings (SSSR count). The molecule has 0 bridgehead atoms. The summed E-state index contributed by atoms with van der Waals surface area (Å²) in [6.07, 6.45) is 7.31. The predicted octanol–water partition coefficient (Wildman–Crippen LogP) is 5.32. The molecule has 154 valence electrons. The van der Waals surface area contributed by atoms with Crippen LogP contribution in [0.5, 0.6) is 0 Å². The van der Waals surface area contributed by atoms with E-state index in [-0.39, 0.29) is 0 Å². The van der Waals surface area contributed by atoms with Gasteiger partial charge in [-0.2, -0.15) is 0 Å². The summed E-state index contributed by atoms with van der Waals surface area (Å²) in [4.78, 5) is 18.0. The Hall–Kier alpha value is -1.84. The lowest BCUT2D eigenvalue weighted by atomic mass is 9.91. The number of carbonyl (C=O) groups excluding carboxylic acids is 1. The van der Waals surface area contributed by atoms with Gasteiger partial charge in [-0.25, -0.2) is 0 Å². The lowest BCUT2D eigenvalue weighted by molar-refractivity contribution is -0.137.